The maximum atomic E-state index is 5.97. The monoisotopic (exact) mass is 287 g/mol. The van der Waals surface area contributed by atoms with Gasteiger partial charge in [0, 0.05) is 11.1 Å². The van der Waals surface area contributed by atoms with Gasteiger partial charge < -0.3 is 16.8 Å². The number of nitrogens with two attached hydrogens (primary N) is 2. The molecule has 0 radical (unpaired) electrons. The Labute approximate surface area is 116 Å². The number of anilines is 1. The molecule has 18 heavy (non-hydrogen) atoms. The second-order valence-corrected chi connectivity index (χ2v) is 4.67. The first-order valence-electron chi connectivity index (χ1n) is 5.28. The quantitative estimate of drug-likeness (QED) is 0.577. The topological polar surface area (TPSA) is 88.8 Å². The molecule has 0 atom stereocenters. The van der Waals surface area contributed by atoms with E-state index in [1.54, 1.807) is 18.2 Å². The van der Waals surface area contributed by atoms with E-state index in [4.69, 9.17) is 34.7 Å². The predicted octanol–water partition coefficient (Wildman–Crippen LogP) is 2.44. The Balaban J connectivity index is 2.84. The minimum atomic E-state index is 0.0521. The molecule has 1 rings (SSSR count). The van der Waals surface area contributed by atoms with Crippen LogP contribution in [-0.2, 0) is 0 Å². The standard InChI is InChI=1S/C11H15Cl2N5/c1-6(2)16-10(14)18-11(15)17-9-5-7(12)3-4-8(9)13/h3-6H,1-2H3,(H5,14,15,16,17,18). The van der Waals surface area contributed by atoms with E-state index in [1.165, 1.54) is 0 Å². The van der Waals surface area contributed by atoms with E-state index in [9.17, 15) is 0 Å². The summed E-state index contributed by atoms with van der Waals surface area (Å²) in [5.74, 6) is 0.203. The van der Waals surface area contributed by atoms with Gasteiger partial charge >= 0.3 is 0 Å². The first-order chi connectivity index (χ1) is 8.38. The van der Waals surface area contributed by atoms with Gasteiger partial charge in [-0.2, -0.15) is 4.99 Å². The van der Waals surface area contributed by atoms with Gasteiger partial charge in [-0.3, -0.25) is 0 Å². The van der Waals surface area contributed by atoms with Crippen LogP contribution in [0.25, 0.3) is 0 Å². The van der Waals surface area contributed by atoms with Crippen molar-refractivity contribution in [1.29, 1.82) is 0 Å². The van der Waals surface area contributed by atoms with Gasteiger partial charge in [-0.05, 0) is 32.0 Å². The lowest BCUT2D eigenvalue weighted by Gasteiger charge is -2.08. The molecule has 1 aromatic carbocycles. The van der Waals surface area contributed by atoms with Crippen molar-refractivity contribution in [3.8, 4) is 0 Å². The number of halogens is 2. The molecule has 0 aliphatic rings. The Morgan fingerprint density at radius 1 is 1.28 bits per heavy atom. The van der Waals surface area contributed by atoms with Gasteiger partial charge in [0.25, 0.3) is 0 Å². The molecule has 0 fully saturated rings. The highest BCUT2D eigenvalue weighted by molar-refractivity contribution is 6.35. The minimum absolute atomic E-state index is 0.0521. The molecule has 0 heterocycles. The van der Waals surface area contributed by atoms with Crippen LogP contribution in [-0.4, -0.2) is 18.0 Å². The number of rotatable bonds is 2. The number of nitrogens with one attached hydrogen (secondary N) is 1. The number of benzene rings is 1. The molecule has 98 valence electrons. The molecular formula is C11H15Cl2N5. The normalized spacial score (nSPS) is 12.9. The molecule has 7 heteroatoms. The lowest BCUT2D eigenvalue weighted by atomic mass is 10.3. The van der Waals surface area contributed by atoms with Crippen LogP contribution in [0.5, 0.6) is 0 Å². The van der Waals surface area contributed by atoms with Crippen LogP contribution in [0.1, 0.15) is 13.8 Å². The summed E-state index contributed by atoms with van der Waals surface area (Å²) in [7, 11) is 0. The summed E-state index contributed by atoms with van der Waals surface area (Å²) in [5.41, 5.74) is 11.8. The number of aliphatic imine (C=N–C) groups is 2. The highest BCUT2D eigenvalue weighted by Gasteiger charge is 2.03. The summed E-state index contributed by atoms with van der Waals surface area (Å²) in [5, 5.41) is 3.83. The third-order valence-corrected chi connectivity index (χ3v) is 2.38. The van der Waals surface area contributed by atoms with Crippen LogP contribution < -0.4 is 16.8 Å². The first kappa shape index (κ1) is 14.6. The molecule has 0 saturated carbocycles. The SMILES string of the molecule is CC(C)N=C(N)N=C(N)Nc1cc(Cl)ccc1Cl. The number of nitrogens with zero attached hydrogens (tertiary/aromatic N) is 2. The lowest BCUT2D eigenvalue weighted by molar-refractivity contribution is 0.831. The van der Waals surface area contributed by atoms with E-state index in [0.717, 1.165) is 0 Å². The van der Waals surface area contributed by atoms with E-state index >= 15 is 0 Å². The van der Waals surface area contributed by atoms with Crippen LogP contribution in [0, 0.1) is 0 Å². The molecule has 1 aromatic rings. The predicted molar refractivity (Wildman–Crippen MR) is 78.5 cm³/mol. The molecule has 0 aromatic heterocycles. The molecule has 0 unspecified atom stereocenters. The van der Waals surface area contributed by atoms with Gasteiger partial charge in [0.2, 0.25) is 11.9 Å². The second kappa shape index (κ2) is 6.47. The van der Waals surface area contributed by atoms with Crippen molar-refractivity contribution in [3.05, 3.63) is 28.2 Å². The van der Waals surface area contributed by atoms with E-state index in [-0.39, 0.29) is 18.0 Å². The maximum absolute atomic E-state index is 5.97. The minimum Gasteiger partial charge on any atom is -0.369 e. The van der Waals surface area contributed by atoms with E-state index in [2.05, 4.69) is 15.3 Å². The summed E-state index contributed by atoms with van der Waals surface area (Å²) < 4.78 is 0. The van der Waals surface area contributed by atoms with Gasteiger partial charge in [-0.1, -0.05) is 23.2 Å². The molecule has 5 nitrogen and oxygen atoms in total. The maximum Gasteiger partial charge on any atom is 0.218 e. The average molecular weight is 288 g/mol. The lowest BCUT2D eigenvalue weighted by Crippen LogP contribution is -2.26. The molecular weight excluding hydrogens is 273 g/mol. The van der Waals surface area contributed by atoms with Crippen molar-refractivity contribution in [2.45, 2.75) is 19.9 Å². The van der Waals surface area contributed by atoms with Gasteiger partial charge in [-0.15, -0.1) is 0 Å². The highest BCUT2D eigenvalue weighted by atomic mass is 35.5. The molecule has 0 saturated heterocycles. The van der Waals surface area contributed by atoms with Crippen LogP contribution in [0.2, 0.25) is 10.0 Å². The highest BCUT2D eigenvalue weighted by Crippen LogP contribution is 2.24. The molecule has 0 bridgehead atoms. The Hall–Kier alpha value is -1.46. The molecule has 0 amide bonds. The molecule has 0 aliphatic carbocycles. The zero-order valence-corrected chi connectivity index (χ0v) is 11.6. The van der Waals surface area contributed by atoms with E-state index < -0.39 is 0 Å². The van der Waals surface area contributed by atoms with Gasteiger partial charge in [0.1, 0.15) is 0 Å². The third kappa shape index (κ3) is 4.81. The van der Waals surface area contributed by atoms with Crippen molar-refractivity contribution in [2.75, 3.05) is 5.32 Å². The van der Waals surface area contributed by atoms with E-state index in [0.29, 0.717) is 15.7 Å². The Morgan fingerprint density at radius 2 is 1.94 bits per heavy atom. The van der Waals surface area contributed by atoms with Crippen molar-refractivity contribution in [2.24, 2.45) is 21.5 Å². The first-order valence-corrected chi connectivity index (χ1v) is 6.03. The van der Waals surface area contributed by atoms with Gasteiger partial charge in [0.15, 0.2) is 0 Å². The van der Waals surface area contributed by atoms with Crippen LogP contribution in [0.15, 0.2) is 28.2 Å². The fraction of sp³-hybridized carbons (Fsp3) is 0.273. The second-order valence-electron chi connectivity index (χ2n) is 3.83. The van der Waals surface area contributed by atoms with Crippen LogP contribution in [0.4, 0.5) is 5.69 Å². The van der Waals surface area contributed by atoms with Crippen molar-refractivity contribution in [1.82, 2.24) is 0 Å². The van der Waals surface area contributed by atoms with E-state index in [1.807, 2.05) is 13.8 Å². The number of hydrogen-bond donors (Lipinski definition) is 3. The zero-order chi connectivity index (χ0) is 13.7. The molecule has 5 N–H and O–H groups in total. The summed E-state index contributed by atoms with van der Waals surface area (Å²) in [6, 6.07) is 5.03. The molecule has 0 aliphatic heterocycles. The summed E-state index contributed by atoms with van der Waals surface area (Å²) in [4.78, 5) is 7.92. The number of hydrogen-bond acceptors (Lipinski definition) is 1. The summed E-state index contributed by atoms with van der Waals surface area (Å²) in [6.07, 6.45) is 0. The third-order valence-electron chi connectivity index (χ3n) is 1.82. The summed E-state index contributed by atoms with van der Waals surface area (Å²) in [6.45, 7) is 3.78. The molecule has 0 spiro atoms. The summed E-state index contributed by atoms with van der Waals surface area (Å²) >= 11 is 11.8. The number of guanidine groups is 2. The largest absolute Gasteiger partial charge is 0.369 e. The Bertz CT molecular complexity index is 482. The average Bonchev–Trinajstić information content (AvgIpc) is 2.21. The van der Waals surface area contributed by atoms with Crippen molar-refractivity contribution in [3.63, 3.8) is 0 Å². The fourth-order valence-corrected chi connectivity index (χ4v) is 1.51. The Morgan fingerprint density at radius 3 is 2.56 bits per heavy atom. The van der Waals surface area contributed by atoms with Gasteiger partial charge in [0.05, 0.1) is 10.7 Å². The smallest absolute Gasteiger partial charge is 0.218 e. The van der Waals surface area contributed by atoms with Crippen molar-refractivity contribution >= 4 is 40.8 Å². The Kier molecular flexibility index (Phi) is 5.25. The van der Waals surface area contributed by atoms with Crippen LogP contribution in [0.3, 0.4) is 0 Å². The van der Waals surface area contributed by atoms with Gasteiger partial charge in [-0.25, -0.2) is 4.99 Å². The van der Waals surface area contributed by atoms with Crippen LogP contribution >= 0.6 is 23.2 Å². The fourth-order valence-electron chi connectivity index (χ4n) is 1.18. The van der Waals surface area contributed by atoms with Crippen molar-refractivity contribution < 1.29 is 0 Å². The zero-order valence-electron chi connectivity index (χ0n) is 10.1.